The maximum Gasteiger partial charge on any atom is 0.251 e. The number of ketones is 1. The van der Waals surface area contributed by atoms with Crippen LogP contribution in [-0.2, 0) is 38.7 Å². The van der Waals surface area contributed by atoms with E-state index in [0.717, 1.165) is 27.3 Å². The summed E-state index contributed by atoms with van der Waals surface area (Å²) in [6.07, 6.45) is 1.83. The fraction of sp³-hybridized carbons (Fsp3) is 0.529. The third kappa shape index (κ3) is 16.0. The number of carbonyl (C=O) groups is 5. The van der Waals surface area contributed by atoms with Gasteiger partial charge in [-0.25, -0.2) is 22.7 Å². The van der Waals surface area contributed by atoms with Gasteiger partial charge in [-0.3, -0.25) is 24.0 Å². The molecule has 23 heteroatoms. The van der Waals surface area contributed by atoms with Gasteiger partial charge in [-0.2, -0.15) is 4.98 Å². The molecule has 0 unspecified atom stereocenters. The van der Waals surface area contributed by atoms with E-state index in [9.17, 15) is 37.5 Å². The minimum atomic E-state index is -3.64. The van der Waals surface area contributed by atoms with Crippen LogP contribution in [0.25, 0.3) is 10.4 Å². The molecule has 4 aromatic rings. The number of aryl methyl sites for hydroxylation is 2. The zero-order valence-corrected chi connectivity index (χ0v) is 46.0. The van der Waals surface area contributed by atoms with Crippen molar-refractivity contribution >= 4 is 84.2 Å². The standard InChI is InChI=1S/C51H69BrN10O10S2/c1-31-8-7-9-41(44(31)46(53)66)59-47-40(52)28-55-50(60-47)58-36-14-19-61(20-15-36)74(69,70)25-18-54-43(65)17-22-72-24-23-71-21-16-37(63)26-39(51(4,5)6)49(68)62-29-38(64)27-42(62)48(67)57-32(2)34-10-12-35(13-11-34)45-33(3)56-30-73-45/h7-13,28,30,32,36,38-39,42,64H,14-27,29H2,1-6H3,(H2,53,66)(H,54,65)(H,57,67)(H2,55,58,59,60)/t32-,38+,39+,42-/m0/s1. The Morgan fingerprint density at radius 1 is 0.973 bits per heavy atom. The van der Waals surface area contributed by atoms with E-state index in [0.29, 0.717) is 40.3 Å². The van der Waals surface area contributed by atoms with E-state index in [1.54, 1.807) is 48.2 Å². The first-order chi connectivity index (χ1) is 35.1. The Kier molecular flexibility index (Phi) is 20.6. The molecule has 6 rings (SSSR count). The predicted octanol–water partition coefficient (Wildman–Crippen LogP) is 5.42. The first-order valence-corrected chi connectivity index (χ1v) is 28.1. The van der Waals surface area contributed by atoms with Crippen LogP contribution >= 0.6 is 27.3 Å². The minimum absolute atomic E-state index is 0.00634. The van der Waals surface area contributed by atoms with E-state index in [2.05, 4.69) is 52.1 Å². The molecular formula is C51H69BrN10O10S2. The van der Waals surface area contributed by atoms with Crippen molar-refractivity contribution in [3.63, 3.8) is 0 Å². The van der Waals surface area contributed by atoms with Gasteiger partial charge in [0.15, 0.2) is 0 Å². The number of anilines is 3. The number of ether oxygens (including phenoxy) is 2. The largest absolute Gasteiger partial charge is 0.391 e. The van der Waals surface area contributed by atoms with Gasteiger partial charge in [0.1, 0.15) is 17.6 Å². The number of hydrogen-bond acceptors (Lipinski definition) is 16. The van der Waals surface area contributed by atoms with Crippen molar-refractivity contribution in [3.05, 3.63) is 81.0 Å². The Morgan fingerprint density at radius 2 is 1.66 bits per heavy atom. The van der Waals surface area contributed by atoms with Crippen LogP contribution in [0.2, 0.25) is 0 Å². The highest BCUT2D eigenvalue weighted by molar-refractivity contribution is 9.10. The molecule has 2 aromatic carbocycles. The summed E-state index contributed by atoms with van der Waals surface area (Å²) in [7, 11) is -3.64. The van der Waals surface area contributed by atoms with Gasteiger partial charge in [-0.1, -0.05) is 57.2 Å². The lowest BCUT2D eigenvalue weighted by atomic mass is 9.76. The number of rotatable bonds is 25. The Labute approximate surface area is 445 Å². The second-order valence-electron chi connectivity index (χ2n) is 19.8. The number of primary amides is 1. The molecule has 7 N–H and O–H groups in total. The Bertz CT molecular complexity index is 2710. The van der Waals surface area contributed by atoms with Gasteiger partial charge >= 0.3 is 0 Å². The number of nitrogens with one attached hydrogen (secondary N) is 4. The number of piperidine rings is 1. The molecule has 2 aliphatic rings. The number of β-amino-alcohol motifs (C(OH)–C–C–N with tert-alkyl or cyclic N) is 1. The van der Waals surface area contributed by atoms with Crippen LogP contribution in [0.5, 0.6) is 0 Å². The smallest absolute Gasteiger partial charge is 0.251 e. The number of amides is 4. The van der Waals surface area contributed by atoms with Gasteiger partial charge in [0.05, 0.1) is 76.1 Å². The number of nitrogens with zero attached hydrogens (tertiary/aromatic N) is 5. The number of nitrogens with two attached hydrogens (primary N) is 1. The van der Waals surface area contributed by atoms with Crippen LogP contribution in [-0.4, -0.2) is 144 Å². The second-order valence-corrected chi connectivity index (χ2v) is 23.6. The van der Waals surface area contributed by atoms with Crippen LogP contribution < -0.4 is 27.0 Å². The lowest BCUT2D eigenvalue weighted by molar-refractivity contribution is -0.146. The lowest BCUT2D eigenvalue weighted by Gasteiger charge is -2.35. The highest BCUT2D eigenvalue weighted by Crippen LogP contribution is 2.35. The summed E-state index contributed by atoms with van der Waals surface area (Å²) in [5.74, 6) is -2.07. The molecule has 74 heavy (non-hydrogen) atoms. The van der Waals surface area contributed by atoms with E-state index in [1.165, 1.54) is 9.21 Å². The van der Waals surface area contributed by atoms with Crippen molar-refractivity contribution in [2.24, 2.45) is 17.1 Å². The van der Waals surface area contributed by atoms with Crippen LogP contribution in [0.3, 0.4) is 0 Å². The number of aliphatic hydroxyl groups excluding tert-OH is 1. The number of likely N-dealkylation sites (tertiary alicyclic amines) is 1. The molecule has 2 aliphatic heterocycles. The van der Waals surface area contributed by atoms with Gasteiger partial charge in [0.25, 0.3) is 5.91 Å². The molecule has 0 saturated carbocycles. The van der Waals surface area contributed by atoms with Gasteiger partial charge in [0, 0.05) is 70.0 Å². The van der Waals surface area contributed by atoms with Crippen LogP contribution in [0, 0.1) is 25.2 Å². The molecule has 4 amide bonds. The van der Waals surface area contributed by atoms with Crippen molar-refractivity contribution in [3.8, 4) is 10.4 Å². The number of halogens is 1. The number of benzene rings is 2. The van der Waals surface area contributed by atoms with Gasteiger partial charge in [-0.15, -0.1) is 11.3 Å². The number of carbonyl (C=O) groups excluding carboxylic acids is 5. The molecule has 4 heterocycles. The molecular weight excluding hydrogens is 1060 g/mol. The maximum atomic E-state index is 14.1. The highest BCUT2D eigenvalue weighted by atomic mass is 79.9. The first-order valence-electron chi connectivity index (χ1n) is 24.8. The lowest BCUT2D eigenvalue weighted by Crippen LogP contribution is -2.50. The molecule has 2 fully saturated rings. The van der Waals surface area contributed by atoms with Crippen LogP contribution in [0.15, 0.2) is 58.6 Å². The van der Waals surface area contributed by atoms with E-state index < -0.39 is 39.4 Å². The van der Waals surface area contributed by atoms with Gasteiger partial charge < -0.3 is 46.5 Å². The Hall–Kier alpha value is -5.43. The number of aliphatic hydroxyl groups is 1. The highest BCUT2D eigenvalue weighted by Gasteiger charge is 2.44. The fourth-order valence-electron chi connectivity index (χ4n) is 8.92. The van der Waals surface area contributed by atoms with Crippen molar-refractivity contribution in [1.82, 2.24) is 34.8 Å². The minimum Gasteiger partial charge on any atom is -0.391 e. The summed E-state index contributed by atoms with van der Waals surface area (Å²) in [5, 5.41) is 22.7. The summed E-state index contributed by atoms with van der Waals surface area (Å²) < 4.78 is 39.4. The Balaban J connectivity index is 0.835. The summed E-state index contributed by atoms with van der Waals surface area (Å²) in [5.41, 5.74) is 11.3. The zero-order chi connectivity index (χ0) is 53.7. The van der Waals surface area contributed by atoms with Gasteiger partial charge in [-0.05, 0) is 77.7 Å². The molecule has 2 saturated heterocycles. The second kappa shape index (κ2) is 26.4. The van der Waals surface area contributed by atoms with E-state index in [1.807, 2.05) is 58.9 Å². The number of thiazole rings is 1. The van der Waals surface area contributed by atoms with Crippen molar-refractivity contribution in [2.45, 2.75) is 104 Å². The topological polar surface area (TPSA) is 277 Å². The third-order valence-corrected chi connectivity index (χ3v) is 16.6. The molecule has 20 nitrogen and oxygen atoms in total. The molecule has 4 atom stereocenters. The number of aromatic nitrogens is 3. The molecule has 0 spiro atoms. The van der Waals surface area contributed by atoms with Crippen LogP contribution in [0.1, 0.15) is 99.4 Å². The van der Waals surface area contributed by atoms with Crippen molar-refractivity contribution < 1.29 is 47.0 Å². The van der Waals surface area contributed by atoms with E-state index in [4.69, 9.17) is 15.2 Å². The predicted molar refractivity (Wildman–Crippen MR) is 286 cm³/mol. The number of Topliss-reactive ketones (excluding diaryl/α,β-unsaturated/α-hetero) is 1. The number of hydrogen-bond donors (Lipinski definition) is 6. The third-order valence-electron chi connectivity index (χ3n) is 13.2. The summed E-state index contributed by atoms with van der Waals surface area (Å²) in [4.78, 5) is 81.3. The first kappa shape index (κ1) is 57.8. The molecule has 0 radical (unpaired) electrons. The molecule has 402 valence electrons. The zero-order valence-electron chi connectivity index (χ0n) is 42.8. The number of sulfonamides is 1. The van der Waals surface area contributed by atoms with E-state index >= 15 is 0 Å². The maximum absolute atomic E-state index is 14.1. The van der Waals surface area contributed by atoms with E-state index in [-0.39, 0.29) is 120 Å². The molecule has 0 aliphatic carbocycles. The summed E-state index contributed by atoms with van der Waals surface area (Å²) >= 11 is 5.01. The summed E-state index contributed by atoms with van der Waals surface area (Å²) in [6.45, 7) is 12.3. The SMILES string of the molecule is Cc1cccc(Nc2nc(NC3CCN(S(=O)(=O)CCNC(=O)CCOCCOCCC(=O)C[C@H](C(=O)N4C[C@H](O)C[C@H]4C(=O)N[C@@H](C)c4ccc(-c5scnc5C)cc4)C(C)(C)C)CC3)ncc2Br)c1C(N)=O. The summed E-state index contributed by atoms with van der Waals surface area (Å²) in [6, 6.07) is 11.9. The average molecular weight is 1130 g/mol. The van der Waals surface area contributed by atoms with Crippen molar-refractivity contribution in [2.75, 3.05) is 69.0 Å². The van der Waals surface area contributed by atoms with Crippen molar-refractivity contribution in [1.29, 1.82) is 0 Å². The normalized spacial score (nSPS) is 17.4. The molecule has 0 bridgehead atoms. The fourth-order valence-corrected chi connectivity index (χ4v) is 11.4. The molecule has 2 aromatic heterocycles. The monoisotopic (exact) mass is 1120 g/mol. The quantitative estimate of drug-likeness (QED) is 0.0452. The van der Waals surface area contributed by atoms with Gasteiger partial charge in [0.2, 0.25) is 33.7 Å². The Morgan fingerprint density at radius 3 is 2.31 bits per heavy atom. The van der Waals surface area contributed by atoms with Crippen LogP contribution in [0.4, 0.5) is 17.5 Å². The average Bonchev–Trinajstić information content (AvgIpc) is 3.97.